The third kappa shape index (κ3) is 4.54. The molecule has 1 aromatic carbocycles. The maximum absolute atomic E-state index is 10.5. The minimum absolute atomic E-state index is 0.246. The topological polar surface area (TPSA) is 43.1 Å². The number of amides is 1. The van der Waals surface area contributed by atoms with Gasteiger partial charge in [-0.1, -0.05) is 29.3 Å². The summed E-state index contributed by atoms with van der Waals surface area (Å²) in [7, 11) is 0. The zero-order chi connectivity index (χ0) is 11.3. The fraction of sp³-hybridized carbons (Fsp3) is 0.364. The van der Waals surface area contributed by atoms with E-state index in [9.17, 15) is 4.79 Å². The normalized spacial score (nSPS) is 10.3. The van der Waals surface area contributed by atoms with Crippen molar-refractivity contribution in [2.24, 2.45) is 5.73 Å². The van der Waals surface area contributed by atoms with Crippen LogP contribution in [0.3, 0.4) is 0 Å². The van der Waals surface area contributed by atoms with Crippen molar-refractivity contribution in [3.8, 4) is 0 Å². The van der Waals surface area contributed by atoms with E-state index < -0.39 is 0 Å². The Hall–Kier alpha value is -0.730. The first-order valence-corrected chi connectivity index (χ1v) is 5.57. The molecular weight excluding hydrogens is 233 g/mol. The summed E-state index contributed by atoms with van der Waals surface area (Å²) in [6.45, 7) is 0. The fourth-order valence-corrected chi connectivity index (χ4v) is 1.64. The van der Waals surface area contributed by atoms with Gasteiger partial charge in [0.25, 0.3) is 0 Å². The fourth-order valence-electron chi connectivity index (χ4n) is 1.32. The van der Waals surface area contributed by atoms with Crippen molar-refractivity contribution in [1.82, 2.24) is 0 Å². The van der Waals surface area contributed by atoms with E-state index in [1.54, 1.807) is 6.07 Å². The van der Waals surface area contributed by atoms with Crippen molar-refractivity contribution in [2.45, 2.75) is 25.7 Å². The molecule has 0 spiro atoms. The van der Waals surface area contributed by atoms with Crippen LogP contribution in [-0.2, 0) is 11.2 Å². The average Bonchev–Trinajstić information content (AvgIpc) is 2.18. The number of primary amides is 1. The van der Waals surface area contributed by atoms with E-state index in [0.717, 1.165) is 24.8 Å². The van der Waals surface area contributed by atoms with Gasteiger partial charge in [-0.15, -0.1) is 0 Å². The molecule has 1 amide bonds. The summed E-state index contributed by atoms with van der Waals surface area (Å²) in [6.07, 6.45) is 3.09. The van der Waals surface area contributed by atoms with Crippen LogP contribution in [0.2, 0.25) is 10.0 Å². The molecule has 0 aromatic heterocycles. The molecule has 0 aliphatic rings. The number of unbranched alkanes of at least 4 members (excludes halogenated alkanes) is 1. The lowest BCUT2D eigenvalue weighted by atomic mass is 10.1. The predicted octanol–water partition coefficient (Wildman–Crippen LogP) is 3.19. The van der Waals surface area contributed by atoms with E-state index in [-0.39, 0.29) is 5.91 Å². The lowest BCUT2D eigenvalue weighted by Gasteiger charge is -2.02. The highest BCUT2D eigenvalue weighted by Crippen LogP contribution is 2.23. The Morgan fingerprint density at radius 2 is 1.93 bits per heavy atom. The Morgan fingerprint density at radius 3 is 2.53 bits per heavy atom. The van der Waals surface area contributed by atoms with Crippen LogP contribution in [0.5, 0.6) is 0 Å². The van der Waals surface area contributed by atoms with E-state index in [1.165, 1.54) is 0 Å². The molecule has 0 atom stereocenters. The zero-order valence-corrected chi connectivity index (χ0v) is 9.81. The Morgan fingerprint density at radius 1 is 1.20 bits per heavy atom. The molecule has 0 aliphatic heterocycles. The van der Waals surface area contributed by atoms with E-state index in [0.29, 0.717) is 16.5 Å². The van der Waals surface area contributed by atoms with Gasteiger partial charge in [0.15, 0.2) is 0 Å². The van der Waals surface area contributed by atoms with Gasteiger partial charge >= 0.3 is 0 Å². The Balaban J connectivity index is 2.38. The average molecular weight is 246 g/mol. The number of carbonyl (C=O) groups is 1. The maximum atomic E-state index is 10.5. The van der Waals surface area contributed by atoms with Crippen LogP contribution in [0.15, 0.2) is 18.2 Å². The lowest BCUT2D eigenvalue weighted by molar-refractivity contribution is -0.118. The van der Waals surface area contributed by atoms with Crippen LogP contribution in [0.4, 0.5) is 0 Å². The van der Waals surface area contributed by atoms with Gasteiger partial charge in [-0.3, -0.25) is 4.79 Å². The van der Waals surface area contributed by atoms with E-state index >= 15 is 0 Å². The molecule has 15 heavy (non-hydrogen) atoms. The Kier molecular flexibility index (Phi) is 4.92. The van der Waals surface area contributed by atoms with Gasteiger partial charge in [0.1, 0.15) is 0 Å². The van der Waals surface area contributed by atoms with Gasteiger partial charge in [0, 0.05) is 6.42 Å². The zero-order valence-electron chi connectivity index (χ0n) is 8.30. The summed E-state index contributed by atoms with van der Waals surface area (Å²) in [5, 5.41) is 1.14. The molecule has 0 fully saturated rings. The van der Waals surface area contributed by atoms with Gasteiger partial charge in [0.05, 0.1) is 10.0 Å². The number of rotatable bonds is 5. The van der Waals surface area contributed by atoms with Gasteiger partial charge in [-0.2, -0.15) is 0 Å². The van der Waals surface area contributed by atoms with Crippen molar-refractivity contribution in [2.75, 3.05) is 0 Å². The third-order valence-corrected chi connectivity index (χ3v) is 2.86. The molecule has 0 saturated heterocycles. The molecule has 1 rings (SSSR count). The number of carbonyl (C=O) groups excluding carboxylic acids is 1. The maximum Gasteiger partial charge on any atom is 0.217 e. The number of aryl methyl sites for hydroxylation is 1. The highest BCUT2D eigenvalue weighted by Gasteiger charge is 2.00. The number of halogens is 2. The lowest BCUT2D eigenvalue weighted by Crippen LogP contribution is -2.09. The smallest absolute Gasteiger partial charge is 0.217 e. The largest absolute Gasteiger partial charge is 0.370 e. The van der Waals surface area contributed by atoms with E-state index in [2.05, 4.69) is 0 Å². The minimum Gasteiger partial charge on any atom is -0.370 e. The summed E-state index contributed by atoms with van der Waals surface area (Å²) in [5.41, 5.74) is 6.17. The van der Waals surface area contributed by atoms with Crippen LogP contribution in [0, 0.1) is 0 Å². The molecule has 0 aliphatic carbocycles. The van der Waals surface area contributed by atoms with Crippen LogP contribution in [0.25, 0.3) is 0 Å². The summed E-state index contributed by atoms with van der Waals surface area (Å²) < 4.78 is 0. The highest BCUT2D eigenvalue weighted by molar-refractivity contribution is 6.42. The van der Waals surface area contributed by atoms with Crippen molar-refractivity contribution in [3.05, 3.63) is 33.8 Å². The van der Waals surface area contributed by atoms with Crippen molar-refractivity contribution in [1.29, 1.82) is 0 Å². The molecule has 0 heterocycles. The second-order valence-corrected chi connectivity index (χ2v) is 4.24. The van der Waals surface area contributed by atoms with Gasteiger partial charge in [0.2, 0.25) is 5.91 Å². The highest BCUT2D eigenvalue weighted by atomic mass is 35.5. The monoisotopic (exact) mass is 245 g/mol. The Labute approximate surface area is 99.4 Å². The summed E-state index contributed by atoms with van der Waals surface area (Å²) in [6, 6.07) is 5.58. The van der Waals surface area contributed by atoms with Crippen molar-refractivity contribution < 1.29 is 4.79 Å². The molecule has 1 aromatic rings. The van der Waals surface area contributed by atoms with Gasteiger partial charge in [-0.25, -0.2) is 0 Å². The molecule has 4 heteroatoms. The van der Waals surface area contributed by atoms with Crippen LogP contribution < -0.4 is 5.73 Å². The summed E-state index contributed by atoms with van der Waals surface area (Å²) >= 11 is 11.7. The molecule has 2 N–H and O–H groups in total. The van der Waals surface area contributed by atoms with Crippen LogP contribution in [0.1, 0.15) is 24.8 Å². The van der Waals surface area contributed by atoms with Crippen LogP contribution in [-0.4, -0.2) is 5.91 Å². The number of hydrogen-bond donors (Lipinski definition) is 1. The summed E-state index contributed by atoms with van der Waals surface area (Å²) in [5.74, 6) is -0.246. The minimum atomic E-state index is -0.246. The van der Waals surface area contributed by atoms with Crippen LogP contribution >= 0.6 is 23.2 Å². The van der Waals surface area contributed by atoms with Gasteiger partial charge in [-0.05, 0) is 37.0 Å². The molecule has 82 valence electrons. The van der Waals surface area contributed by atoms with Gasteiger partial charge < -0.3 is 5.73 Å². The predicted molar refractivity (Wildman–Crippen MR) is 63.2 cm³/mol. The van der Waals surface area contributed by atoms with E-state index in [4.69, 9.17) is 28.9 Å². The first-order valence-electron chi connectivity index (χ1n) is 4.82. The molecule has 2 nitrogen and oxygen atoms in total. The number of nitrogens with two attached hydrogens (primary N) is 1. The number of hydrogen-bond acceptors (Lipinski definition) is 1. The first-order chi connectivity index (χ1) is 7.09. The third-order valence-electron chi connectivity index (χ3n) is 2.12. The SMILES string of the molecule is NC(=O)CCCCc1ccc(Cl)c(Cl)c1. The number of benzene rings is 1. The Bertz CT molecular complexity index is 352. The standard InChI is InChI=1S/C11H13Cl2NO/c12-9-6-5-8(7-10(9)13)3-1-2-4-11(14)15/h5-7H,1-4H2,(H2,14,15). The second kappa shape index (κ2) is 5.99. The molecule has 0 radical (unpaired) electrons. The molecule has 0 saturated carbocycles. The first kappa shape index (κ1) is 12.3. The summed E-state index contributed by atoms with van der Waals surface area (Å²) in [4.78, 5) is 10.5. The molecule has 0 bridgehead atoms. The molecule has 0 unspecified atom stereocenters. The van der Waals surface area contributed by atoms with E-state index in [1.807, 2.05) is 12.1 Å². The van der Waals surface area contributed by atoms with Crippen molar-refractivity contribution >= 4 is 29.1 Å². The second-order valence-electron chi connectivity index (χ2n) is 3.42. The quantitative estimate of drug-likeness (QED) is 0.796. The van der Waals surface area contributed by atoms with Crippen molar-refractivity contribution in [3.63, 3.8) is 0 Å². The molecular formula is C11H13Cl2NO.